The summed E-state index contributed by atoms with van der Waals surface area (Å²) in [7, 11) is 0. The number of nitrogens with one attached hydrogen (secondary N) is 2. The Kier molecular flexibility index (Phi) is 9.28. The zero-order chi connectivity index (χ0) is 31.4. The molecule has 7 heteroatoms. The highest BCUT2D eigenvalue weighted by Crippen LogP contribution is 2.28. The van der Waals surface area contributed by atoms with E-state index in [2.05, 4.69) is 34.9 Å². The molecule has 2 amide bonds. The second-order valence-electron chi connectivity index (χ2n) is 12.1. The van der Waals surface area contributed by atoms with E-state index in [0.29, 0.717) is 28.0 Å². The molecular formula is C37H38N2O4S. The fourth-order valence-corrected chi connectivity index (χ4v) is 6.39. The number of fused-ring (bicyclic) bond motifs is 2. The van der Waals surface area contributed by atoms with Crippen LogP contribution in [0.5, 0.6) is 5.75 Å². The second kappa shape index (κ2) is 13.1. The number of aliphatic hydroxyl groups is 1. The lowest BCUT2D eigenvalue weighted by atomic mass is 9.92. The van der Waals surface area contributed by atoms with Gasteiger partial charge in [-0.15, -0.1) is 11.8 Å². The van der Waals surface area contributed by atoms with Gasteiger partial charge in [0.25, 0.3) is 11.8 Å². The van der Waals surface area contributed by atoms with Crippen LogP contribution in [0.1, 0.15) is 52.6 Å². The summed E-state index contributed by atoms with van der Waals surface area (Å²) in [5.74, 6) is -0.171. The van der Waals surface area contributed by atoms with Crippen molar-refractivity contribution in [2.75, 3.05) is 5.75 Å². The van der Waals surface area contributed by atoms with Crippen molar-refractivity contribution >= 4 is 45.1 Å². The number of phenolic OH excluding ortho intramolecular Hbond substituents is 1. The van der Waals surface area contributed by atoms with Crippen molar-refractivity contribution in [3.63, 3.8) is 0 Å². The van der Waals surface area contributed by atoms with Gasteiger partial charge in [-0.25, -0.2) is 0 Å². The van der Waals surface area contributed by atoms with Crippen LogP contribution in [0.15, 0.2) is 102 Å². The van der Waals surface area contributed by atoms with E-state index in [1.54, 1.807) is 30.8 Å². The molecule has 0 aliphatic rings. The van der Waals surface area contributed by atoms with E-state index in [1.807, 2.05) is 75.4 Å². The van der Waals surface area contributed by atoms with E-state index in [-0.39, 0.29) is 24.0 Å². The van der Waals surface area contributed by atoms with Crippen molar-refractivity contribution in [1.82, 2.24) is 10.6 Å². The monoisotopic (exact) mass is 606 g/mol. The molecule has 0 saturated carbocycles. The van der Waals surface area contributed by atoms with Crippen molar-refractivity contribution in [3.05, 3.63) is 119 Å². The highest BCUT2D eigenvalue weighted by Gasteiger charge is 2.27. The Morgan fingerprint density at radius 3 is 2.25 bits per heavy atom. The number of hydrogen-bond acceptors (Lipinski definition) is 5. The number of thioether (sulfide) groups is 1. The Labute approximate surface area is 262 Å². The molecular weight excluding hydrogens is 568 g/mol. The van der Waals surface area contributed by atoms with Gasteiger partial charge in [-0.1, -0.05) is 72.8 Å². The van der Waals surface area contributed by atoms with Crippen LogP contribution >= 0.6 is 11.8 Å². The summed E-state index contributed by atoms with van der Waals surface area (Å²) in [4.78, 5) is 28.1. The third kappa shape index (κ3) is 7.24. The van der Waals surface area contributed by atoms with Gasteiger partial charge in [-0.05, 0) is 79.1 Å². The molecule has 0 unspecified atom stereocenters. The lowest BCUT2D eigenvalue weighted by molar-refractivity contribution is 0.0849. The minimum absolute atomic E-state index is 0.0333. The van der Waals surface area contributed by atoms with E-state index in [1.165, 1.54) is 6.07 Å². The molecule has 44 heavy (non-hydrogen) atoms. The Morgan fingerprint density at radius 1 is 0.818 bits per heavy atom. The number of amides is 2. The first-order valence-corrected chi connectivity index (χ1v) is 15.7. The molecule has 5 aromatic rings. The summed E-state index contributed by atoms with van der Waals surface area (Å²) in [5.41, 5.74) is 1.58. The first kappa shape index (κ1) is 31.1. The largest absolute Gasteiger partial charge is 0.508 e. The molecule has 0 spiro atoms. The Bertz CT molecular complexity index is 1830. The van der Waals surface area contributed by atoms with E-state index in [4.69, 9.17) is 0 Å². The van der Waals surface area contributed by atoms with Crippen molar-refractivity contribution in [2.45, 2.75) is 56.7 Å². The third-order valence-corrected chi connectivity index (χ3v) is 8.75. The number of carbonyl (C=O) groups is 2. The maximum Gasteiger partial charge on any atom is 0.252 e. The number of carbonyl (C=O) groups excluding carboxylic acids is 2. The van der Waals surface area contributed by atoms with Crippen LogP contribution in [-0.2, 0) is 6.42 Å². The minimum atomic E-state index is -1.01. The summed E-state index contributed by atoms with van der Waals surface area (Å²) in [6.45, 7) is 7.49. The highest BCUT2D eigenvalue weighted by atomic mass is 32.2. The molecule has 4 N–H and O–H groups in total. The SMILES string of the molecule is Cc1c(O)cccc1C(=O)N[C@@H](CSc1ccc2ccccc2c1)[C@H](O)Cc1ccc2ccccc2c1C(=O)NC(C)(C)C. The van der Waals surface area contributed by atoms with E-state index in [9.17, 15) is 19.8 Å². The van der Waals surface area contributed by atoms with Gasteiger partial charge in [-0.2, -0.15) is 0 Å². The maximum absolute atomic E-state index is 13.6. The number of aromatic hydroxyl groups is 1. The van der Waals surface area contributed by atoms with Crippen molar-refractivity contribution in [1.29, 1.82) is 0 Å². The lowest BCUT2D eigenvalue weighted by Crippen LogP contribution is -2.46. The van der Waals surface area contributed by atoms with Gasteiger partial charge >= 0.3 is 0 Å². The summed E-state index contributed by atoms with van der Waals surface area (Å²) in [6, 6.07) is 30.0. The molecule has 0 heterocycles. The number of phenols is 1. The minimum Gasteiger partial charge on any atom is -0.508 e. The molecule has 5 rings (SSSR count). The molecule has 0 bridgehead atoms. The molecule has 0 saturated heterocycles. The zero-order valence-corrected chi connectivity index (χ0v) is 26.2. The zero-order valence-electron chi connectivity index (χ0n) is 25.4. The van der Waals surface area contributed by atoms with Crippen LogP contribution in [-0.4, -0.2) is 45.5 Å². The van der Waals surface area contributed by atoms with Crippen LogP contribution in [0, 0.1) is 6.92 Å². The molecule has 5 aromatic carbocycles. The standard InChI is InChI=1S/C37H38N2O4S/c1-23-29(14-9-15-32(23)40)35(42)38-31(22-44-28-19-18-24-10-5-6-12-26(24)20-28)33(41)21-27-17-16-25-11-7-8-13-30(25)34(27)36(43)39-37(2,3)4/h5-20,31,33,40-41H,21-22H2,1-4H3,(H,38,42)(H,39,43)/t31-,33+/m0/s1. The fourth-order valence-electron chi connectivity index (χ4n) is 5.33. The fraction of sp³-hybridized carbons (Fsp3) is 0.243. The van der Waals surface area contributed by atoms with Crippen LogP contribution in [0.3, 0.4) is 0 Å². The van der Waals surface area contributed by atoms with E-state index < -0.39 is 17.7 Å². The Hall–Kier alpha value is -4.33. The van der Waals surface area contributed by atoms with Gasteiger partial charge in [0.1, 0.15) is 5.75 Å². The van der Waals surface area contributed by atoms with E-state index in [0.717, 1.165) is 26.4 Å². The number of benzene rings is 5. The first-order valence-electron chi connectivity index (χ1n) is 14.7. The third-order valence-electron chi connectivity index (χ3n) is 7.64. The van der Waals surface area contributed by atoms with Gasteiger partial charge in [0, 0.05) is 33.7 Å². The molecule has 2 atom stereocenters. The summed E-state index contributed by atoms with van der Waals surface area (Å²) >= 11 is 1.54. The summed E-state index contributed by atoms with van der Waals surface area (Å²) in [5, 5.41) is 32.0. The van der Waals surface area contributed by atoms with Crippen LogP contribution in [0.25, 0.3) is 21.5 Å². The van der Waals surface area contributed by atoms with Crippen molar-refractivity contribution in [3.8, 4) is 5.75 Å². The predicted octanol–water partition coefficient (Wildman–Crippen LogP) is 7.03. The van der Waals surface area contributed by atoms with Gasteiger partial charge in [-0.3, -0.25) is 9.59 Å². The molecule has 0 aromatic heterocycles. The summed E-state index contributed by atoms with van der Waals surface area (Å²) in [6.07, 6.45) is -0.855. The maximum atomic E-state index is 13.6. The van der Waals surface area contributed by atoms with Gasteiger partial charge in [0.2, 0.25) is 0 Å². The van der Waals surface area contributed by atoms with E-state index >= 15 is 0 Å². The smallest absolute Gasteiger partial charge is 0.252 e. The van der Waals surface area contributed by atoms with Gasteiger partial charge in [0.05, 0.1) is 17.7 Å². The number of aliphatic hydroxyl groups excluding tert-OH is 1. The van der Waals surface area contributed by atoms with Crippen molar-refractivity contribution in [2.24, 2.45) is 0 Å². The summed E-state index contributed by atoms with van der Waals surface area (Å²) < 4.78 is 0. The normalized spacial score (nSPS) is 13.0. The van der Waals surface area contributed by atoms with Gasteiger partial charge in [0.15, 0.2) is 0 Å². The number of rotatable bonds is 9. The Balaban J connectivity index is 1.46. The average Bonchev–Trinajstić information content (AvgIpc) is 2.99. The van der Waals surface area contributed by atoms with Crippen LogP contribution in [0.4, 0.5) is 0 Å². The topological polar surface area (TPSA) is 98.7 Å². The molecule has 226 valence electrons. The highest BCUT2D eigenvalue weighted by molar-refractivity contribution is 7.99. The first-order chi connectivity index (χ1) is 21.0. The lowest BCUT2D eigenvalue weighted by Gasteiger charge is -2.26. The quantitative estimate of drug-likeness (QED) is 0.135. The number of hydrogen-bond donors (Lipinski definition) is 4. The molecule has 0 radical (unpaired) electrons. The molecule has 6 nitrogen and oxygen atoms in total. The van der Waals surface area contributed by atoms with Gasteiger partial charge < -0.3 is 20.8 Å². The van der Waals surface area contributed by atoms with Crippen molar-refractivity contribution < 1.29 is 19.8 Å². The predicted molar refractivity (Wildman–Crippen MR) is 180 cm³/mol. The van der Waals surface area contributed by atoms with Crippen LogP contribution < -0.4 is 10.6 Å². The van der Waals surface area contributed by atoms with Crippen LogP contribution in [0.2, 0.25) is 0 Å². The second-order valence-corrected chi connectivity index (χ2v) is 13.2. The Morgan fingerprint density at radius 2 is 1.50 bits per heavy atom. The molecule has 0 aliphatic carbocycles. The molecule has 0 fully saturated rings. The molecule has 0 aliphatic heterocycles. The average molecular weight is 607 g/mol.